The molecule has 23 heavy (non-hydrogen) atoms. The second-order valence-corrected chi connectivity index (χ2v) is 7.39. The van der Waals surface area contributed by atoms with Gasteiger partial charge in [-0.25, -0.2) is 4.98 Å². The van der Waals surface area contributed by atoms with Crippen LogP contribution in [0.15, 0.2) is 41.9 Å². The van der Waals surface area contributed by atoms with Gasteiger partial charge in [-0.1, -0.05) is 30.3 Å². The van der Waals surface area contributed by atoms with Crippen molar-refractivity contribution in [2.45, 2.75) is 25.3 Å². The van der Waals surface area contributed by atoms with Crippen LogP contribution in [-0.4, -0.2) is 32.8 Å². The summed E-state index contributed by atoms with van der Waals surface area (Å²) in [6, 6.07) is 10.6. The van der Waals surface area contributed by atoms with Gasteiger partial charge in [0, 0.05) is 29.7 Å². The highest BCUT2D eigenvalue weighted by Crippen LogP contribution is 2.38. The van der Waals surface area contributed by atoms with Crippen LogP contribution in [0.5, 0.6) is 0 Å². The number of rotatable bonds is 2. The van der Waals surface area contributed by atoms with Crippen molar-refractivity contribution in [2.24, 2.45) is 5.92 Å². The number of piperidine rings is 1. The average Bonchev–Trinajstić information content (AvgIpc) is 3.34. The summed E-state index contributed by atoms with van der Waals surface area (Å²) in [6.45, 7) is 0.932. The van der Waals surface area contributed by atoms with Gasteiger partial charge in [0.05, 0.1) is 5.69 Å². The number of carbonyl (C=O) groups is 1. The van der Waals surface area contributed by atoms with Crippen molar-refractivity contribution in [1.29, 1.82) is 0 Å². The zero-order valence-corrected chi connectivity index (χ0v) is 13.5. The number of hydrogen-bond donors (Lipinski definition) is 0. The van der Waals surface area contributed by atoms with E-state index in [1.165, 1.54) is 19.3 Å². The number of nitrogens with zero attached hydrogens (tertiary/aromatic N) is 3. The summed E-state index contributed by atoms with van der Waals surface area (Å²) >= 11 is 1.54. The Balaban J connectivity index is 1.52. The maximum Gasteiger partial charge on any atom is 0.272 e. The minimum absolute atomic E-state index is 0.167. The van der Waals surface area contributed by atoms with E-state index in [4.69, 9.17) is 0 Å². The Kier molecular flexibility index (Phi) is 2.85. The van der Waals surface area contributed by atoms with Crippen LogP contribution in [0.1, 0.15) is 29.8 Å². The molecule has 1 aromatic carbocycles. The van der Waals surface area contributed by atoms with Gasteiger partial charge in [0.1, 0.15) is 5.69 Å². The molecule has 0 radical (unpaired) electrons. The van der Waals surface area contributed by atoms with E-state index in [2.05, 4.69) is 9.88 Å². The highest BCUT2D eigenvalue weighted by atomic mass is 32.1. The molecular formula is C18H17N3OS. The van der Waals surface area contributed by atoms with Crippen molar-refractivity contribution in [1.82, 2.24) is 14.3 Å². The molecule has 1 saturated heterocycles. The number of hydrogen-bond acceptors (Lipinski definition) is 3. The molecule has 2 aromatic heterocycles. The van der Waals surface area contributed by atoms with Crippen LogP contribution in [0.3, 0.4) is 0 Å². The molecule has 1 aliphatic carbocycles. The molecular weight excluding hydrogens is 306 g/mol. The largest absolute Gasteiger partial charge is 0.334 e. The lowest BCUT2D eigenvalue weighted by Gasteiger charge is -2.26. The van der Waals surface area contributed by atoms with Crippen molar-refractivity contribution in [3.63, 3.8) is 0 Å². The molecule has 4 nitrogen and oxygen atoms in total. The normalized spacial score (nSPS) is 23.0. The summed E-state index contributed by atoms with van der Waals surface area (Å²) in [4.78, 5) is 20.6. The summed E-state index contributed by atoms with van der Waals surface area (Å²) in [5, 5.41) is 1.95. The molecule has 2 atom stereocenters. The van der Waals surface area contributed by atoms with E-state index in [0.29, 0.717) is 6.04 Å². The SMILES string of the molecule is O=C(c1csc2nc(-c3ccccc3)cn12)N1C[C@H]2CC[C@H]1C2. The van der Waals surface area contributed by atoms with Gasteiger partial charge < -0.3 is 4.90 Å². The number of carbonyl (C=O) groups excluding carboxylic acids is 1. The smallest absolute Gasteiger partial charge is 0.272 e. The van der Waals surface area contributed by atoms with Crippen LogP contribution in [0.2, 0.25) is 0 Å². The molecule has 0 N–H and O–H groups in total. The molecule has 116 valence electrons. The zero-order valence-electron chi connectivity index (χ0n) is 12.7. The molecule has 1 aliphatic heterocycles. The van der Waals surface area contributed by atoms with E-state index in [0.717, 1.165) is 34.4 Å². The monoisotopic (exact) mass is 323 g/mol. The fourth-order valence-electron chi connectivity index (χ4n) is 4.01. The Hall–Kier alpha value is -2.14. The molecule has 0 spiro atoms. The number of likely N-dealkylation sites (tertiary alicyclic amines) is 1. The molecule has 2 bridgehead atoms. The molecule has 1 saturated carbocycles. The average molecular weight is 323 g/mol. The van der Waals surface area contributed by atoms with E-state index in [-0.39, 0.29) is 5.91 Å². The Bertz CT molecular complexity index is 882. The van der Waals surface area contributed by atoms with Crippen molar-refractivity contribution in [3.8, 4) is 11.3 Å². The zero-order chi connectivity index (χ0) is 15.4. The molecule has 2 aliphatic rings. The van der Waals surface area contributed by atoms with Crippen LogP contribution < -0.4 is 0 Å². The Morgan fingerprint density at radius 1 is 1.22 bits per heavy atom. The number of amides is 1. The predicted molar refractivity (Wildman–Crippen MR) is 90.7 cm³/mol. The van der Waals surface area contributed by atoms with Gasteiger partial charge in [0.25, 0.3) is 5.91 Å². The molecule has 3 heterocycles. The summed E-state index contributed by atoms with van der Waals surface area (Å²) in [5.41, 5.74) is 2.77. The minimum atomic E-state index is 0.167. The third kappa shape index (κ3) is 2.03. The highest BCUT2D eigenvalue weighted by Gasteiger charge is 2.41. The Morgan fingerprint density at radius 2 is 2.09 bits per heavy atom. The van der Waals surface area contributed by atoms with Gasteiger partial charge in [-0.15, -0.1) is 11.3 Å². The molecule has 0 unspecified atom stereocenters. The van der Waals surface area contributed by atoms with Gasteiger partial charge >= 0.3 is 0 Å². The third-order valence-electron chi connectivity index (χ3n) is 5.17. The summed E-state index contributed by atoms with van der Waals surface area (Å²) in [6.07, 6.45) is 5.64. The van der Waals surface area contributed by atoms with Gasteiger partial charge in [-0.3, -0.25) is 9.20 Å². The first-order valence-electron chi connectivity index (χ1n) is 8.12. The number of benzene rings is 1. The fourth-order valence-corrected chi connectivity index (χ4v) is 4.85. The number of imidazole rings is 1. The van der Waals surface area contributed by atoms with Crippen molar-refractivity contribution in [2.75, 3.05) is 6.54 Å². The lowest BCUT2D eigenvalue weighted by atomic mass is 10.1. The first-order valence-corrected chi connectivity index (χ1v) is 9.00. The summed E-state index contributed by atoms with van der Waals surface area (Å²) in [5.74, 6) is 0.890. The summed E-state index contributed by atoms with van der Waals surface area (Å²) < 4.78 is 1.96. The molecule has 5 heteroatoms. The number of aromatic nitrogens is 2. The van der Waals surface area contributed by atoms with E-state index in [1.54, 1.807) is 11.3 Å². The highest BCUT2D eigenvalue weighted by molar-refractivity contribution is 7.15. The van der Waals surface area contributed by atoms with Crippen LogP contribution in [0.4, 0.5) is 0 Å². The quantitative estimate of drug-likeness (QED) is 0.721. The van der Waals surface area contributed by atoms with Gasteiger partial charge in [0.2, 0.25) is 0 Å². The maximum absolute atomic E-state index is 12.9. The van der Waals surface area contributed by atoms with Crippen LogP contribution >= 0.6 is 11.3 Å². The van der Waals surface area contributed by atoms with Gasteiger partial charge in [-0.05, 0) is 25.2 Å². The minimum Gasteiger partial charge on any atom is -0.334 e. The van der Waals surface area contributed by atoms with E-state index >= 15 is 0 Å². The predicted octanol–water partition coefficient (Wildman–Crippen LogP) is 3.69. The molecule has 1 amide bonds. The van der Waals surface area contributed by atoms with E-state index < -0.39 is 0 Å². The van der Waals surface area contributed by atoms with Crippen molar-refractivity contribution >= 4 is 22.2 Å². The standard InChI is InChI=1S/C18H17N3OS/c22-17(20-9-12-6-7-14(20)8-12)16-11-23-18-19-15(10-21(16)18)13-4-2-1-3-5-13/h1-5,10-12,14H,6-9H2/t12-,14-/m0/s1. The van der Waals surface area contributed by atoms with Crippen LogP contribution in [0.25, 0.3) is 16.2 Å². The topological polar surface area (TPSA) is 37.6 Å². The van der Waals surface area contributed by atoms with Gasteiger partial charge in [-0.2, -0.15) is 0 Å². The molecule has 5 rings (SSSR count). The lowest BCUT2D eigenvalue weighted by molar-refractivity contribution is 0.0697. The third-order valence-corrected chi connectivity index (χ3v) is 6.01. The van der Waals surface area contributed by atoms with Crippen LogP contribution in [-0.2, 0) is 0 Å². The molecule has 2 fully saturated rings. The lowest BCUT2D eigenvalue weighted by Crippen LogP contribution is -2.38. The van der Waals surface area contributed by atoms with E-state index in [9.17, 15) is 4.79 Å². The van der Waals surface area contributed by atoms with E-state index in [1.807, 2.05) is 46.3 Å². The first kappa shape index (κ1) is 13.3. The van der Waals surface area contributed by atoms with Gasteiger partial charge in [0.15, 0.2) is 4.96 Å². The summed E-state index contributed by atoms with van der Waals surface area (Å²) in [7, 11) is 0. The Labute approximate surface area is 138 Å². The van der Waals surface area contributed by atoms with Crippen molar-refractivity contribution < 1.29 is 4.79 Å². The molecule has 3 aromatic rings. The number of fused-ring (bicyclic) bond motifs is 3. The second kappa shape index (κ2) is 4.93. The van der Waals surface area contributed by atoms with Crippen LogP contribution in [0, 0.1) is 5.92 Å². The first-order chi connectivity index (χ1) is 11.3. The maximum atomic E-state index is 12.9. The fraction of sp³-hybridized carbons (Fsp3) is 0.333. The number of thiazole rings is 1. The second-order valence-electron chi connectivity index (χ2n) is 6.56. The van der Waals surface area contributed by atoms with Crippen molar-refractivity contribution in [3.05, 3.63) is 47.6 Å². The Morgan fingerprint density at radius 3 is 2.83 bits per heavy atom.